The molecular formula is C7H5NO9. The number of rotatable bonds is 1. The molecule has 0 aromatic heterocycles. The molecule has 0 spiro atoms. The van der Waals surface area contributed by atoms with Gasteiger partial charge in [-0.1, -0.05) is 0 Å². The fourth-order valence-corrected chi connectivity index (χ4v) is 1.43. The summed E-state index contributed by atoms with van der Waals surface area (Å²) in [5.41, 5.74) is -2.50. The van der Waals surface area contributed by atoms with Crippen LogP contribution in [0.15, 0.2) is 0 Å². The van der Waals surface area contributed by atoms with Gasteiger partial charge in [0.15, 0.2) is 10.5 Å². The van der Waals surface area contributed by atoms with Crippen molar-refractivity contribution in [2.75, 3.05) is 0 Å². The van der Waals surface area contributed by atoms with Crippen LogP contribution in [0.3, 0.4) is 0 Å². The highest BCUT2D eigenvalue weighted by atomic mass is 17.0. The number of aliphatic hydroxyl groups is 1. The second-order valence-corrected chi connectivity index (χ2v) is 3.50. The van der Waals surface area contributed by atoms with E-state index in [1.165, 1.54) is 0 Å². The van der Waals surface area contributed by atoms with Crippen molar-refractivity contribution in [3.8, 4) is 0 Å². The Morgan fingerprint density at radius 2 is 1.59 bits per heavy atom. The molecule has 0 atom stereocenters. The van der Waals surface area contributed by atoms with Gasteiger partial charge in [0.1, 0.15) is 0 Å². The van der Waals surface area contributed by atoms with E-state index in [4.69, 9.17) is 0 Å². The van der Waals surface area contributed by atoms with E-state index in [1.54, 1.807) is 0 Å². The second-order valence-electron chi connectivity index (χ2n) is 3.50. The molecule has 0 aliphatic carbocycles. The highest BCUT2D eigenvalue weighted by Crippen LogP contribution is 2.34. The molecule has 2 fully saturated rings. The predicted octanol–water partition coefficient (Wildman–Crippen LogP) is -1.96. The lowest BCUT2D eigenvalue weighted by molar-refractivity contribution is -0.730. The Labute approximate surface area is 92.2 Å². The van der Waals surface area contributed by atoms with Gasteiger partial charge in [0, 0.05) is 0 Å². The number of nitro groups is 1. The standard InChI is InChI=1S/C7H5NO9/c9-3-1-6(12)2-4(10)16-7(15-3,8(13)14)17-5(6)11/h12H,1-2H2. The first-order valence-electron chi connectivity index (χ1n) is 4.31. The highest BCUT2D eigenvalue weighted by Gasteiger charge is 2.67. The Bertz CT molecular complexity index is 421. The summed E-state index contributed by atoms with van der Waals surface area (Å²) in [5, 5.41) is 20.4. The number of hydrogen-bond donors (Lipinski definition) is 1. The van der Waals surface area contributed by atoms with Gasteiger partial charge in [-0.15, -0.1) is 0 Å². The van der Waals surface area contributed by atoms with Crippen molar-refractivity contribution in [3.63, 3.8) is 0 Å². The van der Waals surface area contributed by atoms with Crippen molar-refractivity contribution in [2.24, 2.45) is 0 Å². The summed E-state index contributed by atoms with van der Waals surface area (Å²) in [6, 6.07) is 0. The van der Waals surface area contributed by atoms with E-state index < -0.39 is 47.4 Å². The van der Waals surface area contributed by atoms with Crippen LogP contribution in [0.2, 0.25) is 0 Å². The summed E-state index contributed by atoms with van der Waals surface area (Å²) in [6.45, 7) is 0. The summed E-state index contributed by atoms with van der Waals surface area (Å²) in [6.07, 6.45) is -5.18. The number of carbonyl (C=O) groups excluding carboxylic acids is 3. The van der Waals surface area contributed by atoms with E-state index >= 15 is 0 Å². The minimum Gasteiger partial charge on any atom is -0.377 e. The molecule has 2 saturated heterocycles. The van der Waals surface area contributed by atoms with E-state index in [2.05, 4.69) is 14.2 Å². The van der Waals surface area contributed by atoms with Crippen LogP contribution in [0.25, 0.3) is 0 Å². The maximum absolute atomic E-state index is 11.4. The average molecular weight is 247 g/mol. The Morgan fingerprint density at radius 3 is 2.00 bits per heavy atom. The quantitative estimate of drug-likeness (QED) is 0.317. The molecule has 92 valence electrons. The third kappa shape index (κ3) is 1.58. The van der Waals surface area contributed by atoms with Gasteiger partial charge < -0.3 is 19.3 Å². The van der Waals surface area contributed by atoms with Crippen molar-refractivity contribution in [1.29, 1.82) is 0 Å². The fourth-order valence-electron chi connectivity index (χ4n) is 1.43. The molecule has 2 bridgehead atoms. The topological polar surface area (TPSA) is 142 Å². The van der Waals surface area contributed by atoms with Gasteiger partial charge in [-0.2, -0.15) is 0 Å². The maximum Gasteiger partial charge on any atom is 0.725 e. The molecule has 17 heavy (non-hydrogen) atoms. The molecule has 0 saturated carbocycles. The summed E-state index contributed by atoms with van der Waals surface area (Å²) in [4.78, 5) is 43.0. The first-order valence-corrected chi connectivity index (χ1v) is 4.31. The zero-order valence-corrected chi connectivity index (χ0v) is 8.07. The van der Waals surface area contributed by atoms with E-state index in [9.17, 15) is 29.6 Å². The maximum atomic E-state index is 11.4. The SMILES string of the molecule is O=C1CC2(O)CC(=O)OC([N+](=O)[O-])(O1)OC2=O. The van der Waals surface area contributed by atoms with Gasteiger partial charge in [0.05, 0.1) is 12.8 Å². The van der Waals surface area contributed by atoms with E-state index in [0.717, 1.165) is 0 Å². The van der Waals surface area contributed by atoms with Crippen LogP contribution in [-0.2, 0) is 28.6 Å². The molecule has 10 heteroatoms. The largest absolute Gasteiger partial charge is 0.725 e. The molecule has 2 heterocycles. The molecule has 2 aliphatic rings. The van der Waals surface area contributed by atoms with Gasteiger partial charge in [0.25, 0.3) is 0 Å². The number of esters is 3. The average Bonchev–Trinajstić information content (AvgIpc) is 2.27. The van der Waals surface area contributed by atoms with Crippen LogP contribution in [0.4, 0.5) is 0 Å². The van der Waals surface area contributed by atoms with Crippen LogP contribution >= 0.6 is 0 Å². The van der Waals surface area contributed by atoms with Crippen LogP contribution in [0.5, 0.6) is 0 Å². The lowest BCUT2D eigenvalue weighted by atomic mass is 9.96. The molecule has 0 aromatic rings. The lowest BCUT2D eigenvalue weighted by Gasteiger charge is -2.19. The Morgan fingerprint density at radius 1 is 1.12 bits per heavy atom. The summed E-state index contributed by atoms with van der Waals surface area (Å²) in [7, 11) is 0. The Kier molecular flexibility index (Phi) is 2.08. The number of hydrogen-bond acceptors (Lipinski definition) is 9. The molecule has 2 aliphatic heterocycles. The van der Waals surface area contributed by atoms with E-state index in [-0.39, 0.29) is 0 Å². The lowest BCUT2D eigenvalue weighted by Crippen LogP contribution is -2.48. The van der Waals surface area contributed by atoms with Crippen molar-refractivity contribution in [3.05, 3.63) is 10.1 Å². The molecule has 10 nitrogen and oxygen atoms in total. The van der Waals surface area contributed by atoms with Gasteiger partial charge in [-0.25, -0.2) is 4.79 Å². The first kappa shape index (κ1) is 11.3. The predicted molar refractivity (Wildman–Crippen MR) is 42.2 cm³/mol. The third-order valence-electron chi connectivity index (χ3n) is 2.18. The molecule has 2 rings (SSSR count). The number of carbonyl (C=O) groups is 3. The van der Waals surface area contributed by atoms with Gasteiger partial charge in [0.2, 0.25) is 0 Å². The van der Waals surface area contributed by atoms with E-state index in [1.807, 2.05) is 0 Å². The zero-order valence-electron chi connectivity index (χ0n) is 8.07. The number of fused-ring (bicyclic) bond motifs is 3. The van der Waals surface area contributed by atoms with Crippen LogP contribution in [0.1, 0.15) is 12.8 Å². The third-order valence-corrected chi connectivity index (χ3v) is 2.18. The molecule has 0 radical (unpaired) electrons. The van der Waals surface area contributed by atoms with Gasteiger partial charge >= 0.3 is 24.0 Å². The second kappa shape index (κ2) is 3.13. The molecular weight excluding hydrogens is 242 g/mol. The molecule has 1 N–H and O–H groups in total. The minimum absolute atomic E-state index is 0.920. The monoisotopic (exact) mass is 247 g/mol. The summed E-state index contributed by atoms with van der Waals surface area (Å²) >= 11 is 0. The number of ether oxygens (including phenoxy) is 3. The Balaban J connectivity index is 2.55. The van der Waals surface area contributed by atoms with Crippen LogP contribution in [-0.4, -0.2) is 39.6 Å². The van der Waals surface area contributed by atoms with Crippen molar-refractivity contribution >= 4 is 17.9 Å². The zero-order chi connectivity index (χ0) is 12.8. The minimum atomic E-state index is -3.34. The van der Waals surface area contributed by atoms with Crippen molar-refractivity contribution < 1.29 is 38.6 Å². The smallest absolute Gasteiger partial charge is 0.377 e. The van der Waals surface area contributed by atoms with E-state index in [0.29, 0.717) is 0 Å². The van der Waals surface area contributed by atoms with Crippen LogP contribution < -0.4 is 0 Å². The van der Waals surface area contributed by atoms with Crippen molar-refractivity contribution in [1.82, 2.24) is 0 Å². The summed E-state index contributed by atoms with van der Waals surface area (Å²) in [5.74, 6) is -4.10. The molecule has 0 aromatic carbocycles. The fraction of sp³-hybridized carbons (Fsp3) is 0.571. The van der Waals surface area contributed by atoms with Gasteiger partial charge in [-0.3, -0.25) is 19.7 Å². The summed E-state index contributed by atoms with van der Waals surface area (Å²) < 4.78 is 12.5. The van der Waals surface area contributed by atoms with Gasteiger partial charge in [-0.05, 0) is 0 Å². The first-order chi connectivity index (χ1) is 7.77. The Hall–Kier alpha value is -2.23. The van der Waals surface area contributed by atoms with Crippen LogP contribution in [0, 0.1) is 10.1 Å². The number of nitrogens with zero attached hydrogens (tertiary/aromatic N) is 1. The highest BCUT2D eigenvalue weighted by molar-refractivity contribution is 5.92. The molecule has 0 amide bonds. The normalized spacial score (nSPS) is 36.4. The molecule has 0 unspecified atom stereocenters. The van der Waals surface area contributed by atoms with Crippen molar-refractivity contribution in [2.45, 2.75) is 24.5 Å².